The maximum atomic E-state index is 13.2. The second-order valence-corrected chi connectivity index (χ2v) is 12.2. The summed E-state index contributed by atoms with van der Waals surface area (Å²) in [5.41, 5.74) is 4.10. The molecule has 0 aliphatic carbocycles. The average Bonchev–Trinajstić information content (AvgIpc) is 3.74. The zero-order chi connectivity index (χ0) is 26.2. The minimum Gasteiger partial charge on any atom is -0.345 e. The molecule has 1 aromatic carbocycles. The number of carbonyl (C=O) groups is 1. The van der Waals surface area contributed by atoms with E-state index in [0.29, 0.717) is 31.1 Å². The van der Waals surface area contributed by atoms with E-state index in [2.05, 4.69) is 38.4 Å². The molecule has 2 aromatic heterocycles. The van der Waals surface area contributed by atoms with Crippen LogP contribution in [0.3, 0.4) is 0 Å². The van der Waals surface area contributed by atoms with Crippen molar-refractivity contribution >= 4 is 44.7 Å². The lowest BCUT2D eigenvalue weighted by Crippen LogP contribution is -2.46. The molecule has 8 nitrogen and oxygen atoms in total. The fourth-order valence-corrected chi connectivity index (χ4v) is 7.48. The molecule has 2 N–H and O–H groups in total. The number of benzene rings is 1. The number of rotatable bonds is 8. The molecule has 2 aliphatic heterocycles. The van der Waals surface area contributed by atoms with E-state index in [1.54, 1.807) is 5.48 Å². The number of nitrogens with zero attached hydrogens (tertiary/aromatic N) is 4. The summed E-state index contributed by atoms with van der Waals surface area (Å²) in [7, 11) is -1.22. The van der Waals surface area contributed by atoms with Gasteiger partial charge in [-0.25, -0.2) is 19.0 Å². The Morgan fingerprint density at radius 1 is 1.05 bits per heavy atom. The van der Waals surface area contributed by atoms with Gasteiger partial charge in [0.25, 0.3) is 5.91 Å². The van der Waals surface area contributed by atoms with Crippen LogP contribution in [0.4, 0.5) is 5.13 Å². The molecule has 200 valence electrons. The van der Waals surface area contributed by atoms with Crippen LogP contribution in [-0.2, 0) is 17.4 Å². The fourth-order valence-electron chi connectivity index (χ4n) is 4.57. The number of aromatic nitrogens is 1. The number of hydrogen-bond donors (Lipinski definition) is 2. The van der Waals surface area contributed by atoms with Gasteiger partial charge in [0.2, 0.25) is 0 Å². The summed E-state index contributed by atoms with van der Waals surface area (Å²) >= 11 is 3.06. The minimum absolute atomic E-state index is 0.360. The Morgan fingerprint density at radius 2 is 1.76 bits per heavy atom. The molecule has 0 bridgehead atoms. The Hall–Kier alpha value is -2.15. The molecule has 1 unspecified atom stereocenters. The van der Waals surface area contributed by atoms with Crippen LogP contribution in [0.15, 0.2) is 46.8 Å². The summed E-state index contributed by atoms with van der Waals surface area (Å²) in [6.45, 7) is 10.2. The van der Waals surface area contributed by atoms with E-state index >= 15 is 0 Å². The van der Waals surface area contributed by atoms with E-state index < -0.39 is 16.9 Å². The van der Waals surface area contributed by atoms with Crippen LogP contribution >= 0.6 is 22.7 Å². The SMILES string of the molecule is CC.O=C(NO)c1cnc(N2CCN(S(=O)c3ccc(-c4ccsc4CCN4CCCC4)cc3)CC2)s1. The highest BCUT2D eigenvalue weighted by Gasteiger charge is 2.24. The normalized spacial score (nSPS) is 17.3. The van der Waals surface area contributed by atoms with Crippen molar-refractivity contribution in [2.75, 3.05) is 50.7 Å². The highest BCUT2D eigenvalue weighted by molar-refractivity contribution is 7.82. The van der Waals surface area contributed by atoms with Crippen molar-refractivity contribution in [3.05, 3.63) is 51.7 Å². The third-order valence-electron chi connectivity index (χ3n) is 6.53. The van der Waals surface area contributed by atoms with Crippen molar-refractivity contribution in [2.45, 2.75) is 38.0 Å². The topological polar surface area (TPSA) is 89.0 Å². The van der Waals surface area contributed by atoms with Crippen molar-refractivity contribution in [2.24, 2.45) is 0 Å². The highest BCUT2D eigenvalue weighted by atomic mass is 32.2. The first kappa shape index (κ1) is 27.9. The number of anilines is 1. The maximum Gasteiger partial charge on any atom is 0.286 e. The first-order valence-electron chi connectivity index (χ1n) is 12.8. The Kier molecular flexibility index (Phi) is 10.2. The van der Waals surface area contributed by atoms with Crippen molar-refractivity contribution < 1.29 is 14.2 Å². The summed E-state index contributed by atoms with van der Waals surface area (Å²) in [6.07, 6.45) is 5.18. The zero-order valence-corrected chi connectivity index (χ0v) is 23.8. The Balaban J connectivity index is 0.00000156. The van der Waals surface area contributed by atoms with Crippen LogP contribution in [0.1, 0.15) is 41.2 Å². The lowest BCUT2D eigenvalue weighted by Gasteiger charge is -2.33. The first-order valence-corrected chi connectivity index (χ1v) is 15.6. The van der Waals surface area contributed by atoms with Crippen LogP contribution in [0, 0.1) is 0 Å². The number of piperazine rings is 1. The van der Waals surface area contributed by atoms with Gasteiger partial charge in [-0.2, -0.15) is 0 Å². The third-order valence-corrected chi connectivity index (χ3v) is 10.1. The van der Waals surface area contributed by atoms with Crippen LogP contribution in [0.2, 0.25) is 0 Å². The van der Waals surface area contributed by atoms with E-state index in [1.165, 1.54) is 59.5 Å². The summed E-state index contributed by atoms with van der Waals surface area (Å²) < 4.78 is 15.2. The monoisotopic (exact) mass is 561 g/mol. The number of carbonyl (C=O) groups excluding carboxylic acids is 1. The molecule has 2 fully saturated rings. The van der Waals surface area contributed by atoms with Gasteiger partial charge in [0.15, 0.2) is 5.13 Å². The van der Waals surface area contributed by atoms with Gasteiger partial charge in [-0.3, -0.25) is 10.0 Å². The largest absolute Gasteiger partial charge is 0.345 e. The summed E-state index contributed by atoms with van der Waals surface area (Å²) in [5.74, 6) is -0.557. The van der Waals surface area contributed by atoms with Crippen molar-refractivity contribution in [1.82, 2.24) is 19.7 Å². The van der Waals surface area contributed by atoms with E-state index in [9.17, 15) is 9.00 Å². The third kappa shape index (κ3) is 6.84. The first-order chi connectivity index (χ1) is 18.1. The van der Waals surface area contributed by atoms with E-state index in [1.807, 2.05) is 41.6 Å². The molecule has 37 heavy (non-hydrogen) atoms. The molecular weight excluding hydrogens is 527 g/mol. The number of likely N-dealkylation sites (tertiary alicyclic amines) is 1. The van der Waals surface area contributed by atoms with Crippen molar-refractivity contribution in [3.8, 4) is 11.1 Å². The molecule has 0 saturated carbocycles. The molecule has 11 heteroatoms. The average molecular weight is 562 g/mol. The molecule has 3 aromatic rings. The molecule has 4 heterocycles. The van der Waals surface area contributed by atoms with Gasteiger partial charge < -0.3 is 9.80 Å². The van der Waals surface area contributed by atoms with Gasteiger partial charge in [0.1, 0.15) is 15.9 Å². The Morgan fingerprint density at radius 3 is 2.43 bits per heavy atom. The standard InChI is InChI=1S/C24H29N5O3S3.C2H6/c30-23(26-31)22-17-25-24(34-22)28-12-14-29(15-13-28)35(32)19-5-3-18(4-6-19)20-8-16-33-21(20)7-11-27-9-1-2-10-27;1-2/h3-6,8,16-17,31H,1-2,7,9-15H2,(H,26,30);1-2H3. The number of nitrogens with one attached hydrogen (secondary N) is 1. The zero-order valence-electron chi connectivity index (χ0n) is 21.4. The predicted molar refractivity (Wildman–Crippen MR) is 152 cm³/mol. The molecular formula is C26H35N5O3S3. The van der Waals surface area contributed by atoms with Gasteiger partial charge in [0.05, 0.1) is 11.1 Å². The Bertz CT molecular complexity index is 1170. The van der Waals surface area contributed by atoms with Crippen LogP contribution in [-0.4, -0.2) is 75.3 Å². The van der Waals surface area contributed by atoms with E-state index in [0.717, 1.165) is 23.0 Å². The molecule has 5 rings (SSSR count). The number of hydroxylamine groups is 1. The molecule has 1 amide bonds. The van der Waals surface area contributed by atoms with E-state index in [4.69, 9.17) is 5.21 Å². The van der Waals surface area contributed by atoms with Gasteiger partial charge in [-0.1, -0.05) is 37.3 Å². The fraction of sp³-hybridized carbons (Fsp3) is 0.462. The molecule has 1 atom stereocenters. The van der Waals surface area contributed by atoms with Crippen LogP contribution in [0.5, 0.6) is 0 Å². The summed E-state index contributed by atoms with van der Waals surface area (Å²) in [4.78, 5) is 23.1. The van der Waals surface area contributed by atoms with Crippen LogP contribution in [0.25, 0.3) is 11.1 Å². The lowest BCUT2D eigenvalue weighted by molar-refractivity contribution is 0.0710. The minimum atomic E-state index is -1.22. The Labute approximate surface area is 229 Å². The number of amides is 1. The number of thiophene rings is 1. The maximum absolute atomic E-state index is 13.2. The predicted octanol–water partition coefficient (Wildman–Crippen LogP) is 4.50. The quantitative estimate of drug-likeness (QED) is 0.311. The lowest BCUT2D eigenvalue weighted by atomic mass is 10.1. The molecule has 2 aliphatic rings. The number of hydrogen-bond acceptors (Lipinski definition) is 8. The molecule has 2 saturated heterocycles. The van der Waals surface area contributed by atoms with Crippen molar-refractivity contribution in [3.63, 3.8) is 0 Å². The van der Waals surface area contributed by atoms with Crippen LogP contribution < -0.4 is 10.4 Å². The van der Waals surface area contributed by atoms with E-state index in [-0.39, 0.29) is 0 Å². The van der Waals surface area contributed by atoms with Gasteiger partial charge in [-0.15, -0.1) is 11.3 Å². The second-order valence-electron chi connectivity index (χ2n) is 8.69. The summed E-state index contributed by atoms with van der Waals surface area (Å²) in [5, 5.41) is 11.7. The number of thiazole rings is 1. The van der Waals surface area contributed by atoms with Crippen molar-refractivity contribution in [1.29, 1.82) is 0 Å². The van der Waals surface area contributed by atoms with Gasteiger partial charge >= 0.3 is 0 Å². The highest BCUT2D eigenvalue weighted by Crippen LogP contribution is 2.30. The van der Waals surface area contributed by atoms with Gasteiger partial charge in [-0.05, 0) is 67.1 Å². The molecule has 0 radical (unpaired) electrons. The second kappa shape index (κ2) is 13.6. The summed E-state index contributed by atoms with van der Waals surface area (Å²) in [6, 6.07) is 10.4. The molecule has 0 spiro atoms. The van der Waals surface area contributed by atoms with Gasteiger partial charge in [0, 0.05) is 37.6 Å². The smallest absolute Gasteiger partial charge is 0.286 e.